The first-order chi connectivity index (χ1) is 10.6. The van der Waals surface area contributed by atoms with Crippen molar-refractivity contribution < 1.29 is 4.79 Å². The van der Waals surface area contributed by atoms with Crippen LogP contribution in [0, 0.1) is 46.8 Å². The Morgan fingerprint density at radius 1 is 0.955 bits per heavy atom. The molecule has 4 rings (SSSR count). The van der Waals surface area contributed by atoms with Crippen molar-refractivity contribution in [3.63, 3.8) is 0 Å². The van der Waals surface area contributed by atoms with E-state index in [0.29, 0.717) is 11.3 Å². The fourth-order valence-electron chi connectivity index (χ4n) is 7.70. The molecule has 4 fully saturated rings. The van der Waals surface area contributed by atoms with Gasteiger partial charge in [-0.3, -0.25) is 0 Å². The van der Waals surface area contributed by atoms with Crippen LogP contribution in [0.5, 0.6) is 0 Å². The van der Waals surface area contributed by atoms with Crippen molar-refractivity contribution in [2.24, 2.45) is 46.8 Å². The molecule has 0 spiro atoms. The summed E-state index contributed by atoms with van der Waals surface area (Å²) in [5, 5.41) is 0. The minimum Gasteiger partial charge on any atom is -0.303 e. The molecule has 0 aromatic carbocycles. The van der Waals surface area contributed by atoms with Gasteiger partial charge in [0.15, 0.2) is 0 Å². The van der Waals surface area contributed by atoms with Gasteiger partial charge in [0, 0.05) is 6.42 Å². The topological polar surface area (TPSA) is 17.1 Å². The molecule has 4 aliphatic carbocycles. The molecule has 0 saturated heterocycles. The zero-order valence-corrected chi connectivity index (χ0v) is 14.6. The summed E-state index contributed by atoms with van der Waals surface area (Å²) >= 11 is 0. The van der Waals surface area contributed by atoms with Crippen LogP contribution in [0.1, 0.15) is 78.1 Å². The Morgan fingerprint density at radius 2 is 1.77 bits per heavy atom. The molecule has 0 radical (unpaired) electrons. The van der Waals surface area contributed by atoms with Crippen molar-refractivity contribution in [2.45, 2.75) is 78.1 Å². The lowest BCUT2D eigenvalue weighted by Gasteiger charge is -2.56. The number of carbonyl (C=O) groups is 1. The van der Waals surface area contributed by atoms with Crippen LogP contribution in [0.25, 0.3) is 0 Å². The minimum absolute atomic E-state index is 0.497. The number of hydrogen-bond donors (Lipinski definition) is 0. The van der Waals surface area contributed by atoms with E-state index in [1.165, 1.54) is 64.1 Å². The van der Waals surface area contributed by atoms with Crippen molar-refractivity contribution in [2.75, 3.05) is 0 Å². The Balaban J connectivity index is 1.54. The third-order valence-corrected chi connectivity index (χ3v) is 8.79. The summed E-state index contributed by atoms with van der Waals surface area (Å²) in [7, 11) is 0. The van der Waals surface area contributed by atoms with Gasteiger partial charge in [0.05, 0.1) is 0 Å². The molecule has 0 aromatic heterocycles. The van der Waals surface area contributed by atoms with Crippen LogP contribution in [0.2, 0.25) is 0 Å². The Morgan fingerprint density at radius 3 is 2.59 bits per heavy atom. The maximum Gasteiger partial charge on any atom is 0.120 e. The molecule has 0 amide bonds. The van der Waals surface area contributed by atoms with Crippen LogP contribution in [0.4, 0.5) is 0 Å². The Kier molecular flexibility index (Phi) is 3.90. The molecule has 1 nitrogen and oxygen atoms in total. The Bertz CT molecular complexity index is 430. The second-order valence-electron chi connectivity index (χ2n) is 9.57. The summed E-state index contributed by atoms with van der Waals surface area (Å²) in [5.41, 5.74) is 0.497. The molecule has 22 heavy (non-hydrogen) atoms. The lowest BCUT2D eigenvalue weighted by Crippen LogP contribution is -2.48. The molecule has 0 N–H and O–H groups in total. The third-order valence-electron chi connectivity index (χ3n) is 8.79. The maximum absolute atomic E-state index is 11.1. The van der Waals surface area contributed by atoms with Gasteiger partial charge in [-0.05, 0) is 98.2 Å². The number of rotatable bonds is 2. The van der Waals surface area contributed by atoms with Crippen molar-refractivity contribution in [3.05, 3.63) is 0 Å². The Hall–Kier alpha value is -0.330. The average molecular weight is 303 g/mol. The first kappa shape index (κ1) is 15.2. The summed E-state index contributed by atoms with van der Waals surface area (Å²) in [4.78, 5) is 11.1. The first-order valence-corrected chi connectivity index (χ1v) is 10.1. The number of hydrogen-bond acceptors (Lipinski definition) is 1. The van der Waals surface area contributed by atoms with Gasteiger partial charge >= 0.3 is 0 Å². The predicted molar refractivity (Wildman–Crippen MR) is 90.4 cm³/mol. The van der Waals surface area contributed by atoms with E-state index < -0.39 is 0 Å². The molecule has 0 aliphatic heterocycles. The van der Waals surface area contributed by atoms with Crippen LogP contribution in [0.15, 0.2) is 0 Å². The monoisotopic (exact) mass is 302 g/mol. The third kappa shape index (κ3) is 2.21. The molecule has 8 unspecified atom stereocenters. The second kappa shape index (κ2) is 5.64. The van der Waals surface area contributed by atoms with Gasteiger partial charge in [-0.1, -0.05) is 20.3 Å². The van der Waals surface area contributed by atoms with Gasteiger partial charge in [-0.25, -0.2) is 0 Å². The highest BCUT2D eigenvalue weighted by atomic mass is 16.1. The largest absolute Gasteiger partial charge is 0.303 e. The van der Waals surface area contributed by atoms with Crippen LogP contribution in [0.3, 0.4) is 0 Å². The molecular weight excluding hydrogens is 268 g/mol. The standard InChI is InChI=1S/C21H34O/c1-14-3-6-17-15(13-14)4-7-19-18(17)9-11-21(2)16(10-12-22)5-8-20(19)21/h12,14-20H,3-11,13H2,1-2H3. The highest BCUT2D eigenvalue weighted by Gasteiger charge is 2.56. The lowest BCUT2D eigenvalue weighted by atomic mass is 9.49. The predicted octanol–water partition coefficient (Wildman–Crippen LogP) is 5.48. The van der Waals surface area contributed by atoms with Gasteiger partial charge in [0.2, 0.25) is 0 Å². The van der Waals surface area contributed by atoms with Crippen LogP contribution < -0.4 is 0 Å². The van der Waals surface area contributed by atoms with E-state index >= 15 is 0 Å². The quantitative estimate of drug-likeness (QED) is 0.617. The van der Waals surface area contributed by atoms with Crippen LogP contribution in [-0.2, 0) is 4.79 Å². The zero-order chi connectivity index (χ0) is 15.3. The molecule has 1 heteroatoms. The lowest BCUT2D eigenvalue weighted by molar-refractivity contribution is -0.111. The minimum atomic E-state index is 0.497. The SMILES string of the molecule is CC1CCC2C(CCC3C2CCC2(C)C(CC=O)CCC32)C1. The summed E-state index contributed by atoms with van der Waals surface area (Å²) < 4.78 is 0. The normalized spacial score (nSPS) is 54.2. The van der Waals surface area contributed by atoms with Gasteiger partial charge in [-0.15, -0.1) is 0 Å². The van der Waals surface area contributed by atoms with E-state index in [0.717, 1.165) is 41.9 Å². The van der Waals surface area contributed by atoms with E-state index in [1.54, 1.807) is 0 Å². The van der Waals surface area contributed by atoms with Crippen molar-refractivity contribution in [1.29, 1.82) is 0 Å². The van der Waals surface area contributed by atoms with E-state index in [9.17, 15) is 4.79 Å². The molecule has 0 heterocycles. The zero-order valence-electron chi connectivity index (χ0n) is 14.6. The smallest absolute Gasteiger partial charge is 0.120 e. The average Bonchev–Trinajstić information content (AvgIpc) is 2.84. The van der Waals surface area contributed by atoms with E-state index in [2.05, 4.69) is 13.8 Å². The fraction of sp³-hybridized carbons (Fsp3) is 0.952. The summed E-state index contributed by atoms with van der Waals surface area (Å²) in [6.07, 6.45) is 15.2. The fourth-order valence-corrected chi connectivity index (χ4v) is 7.70. The summed E-state index contributed by atoms with van der Waals surface area (Å²) in [6, 6.07) is 0. The summed E-state index contributed by atoms with van der Waals surface area (Å²) in [5.74, 6) is 6.78. The van der Waals surface area contributed by atoms with Gasteiger partial charge in [0.1, 0.15) is 6.29 Å². The number of fused-ring (bicyclic) bond motifs is 5. The number of carbonyl (C=O) groups excluding carboxylic acids is 1. The molecule has 4 saturated carbocycles. The molecule has 0 aromatic rings. The summed E-state index contributed by atoms with van der Waals surface area (Å²) in [6.45, 7) is 5.02. The van der Waals surface area contributed by atoms with E-state index in [1.807, 2.05) is 0 Å². The van der Waals surface area contributed by atoms with Crippen molar-refractivity contribution >= 4 is 6.29 Å². The Labute approximate surface area is 136 Å². The van der Waals surface area contributed by atoms with Crippen LogP contribution in [-0.4, -0.2) is 6.29 Å². The van der Waals surface area contributed by atoms with Crippen molar-refractivity contribution in [3.8, 4) is 0 Å². The van der Waals surface area contributed by atoms with Gasteiger partial charge in [-0.2, -0.15) is 0 Å². The molecule has 124 valence electrons. The molecule has 4 aliphatic rings. The maximum atomic E-state index is 11.1. The highest BCUT2D eigenvalue weighted by molar-refractivity contribution is 5.50. The second-order valence-corrected chi connectivity index (χ2v) is 9.57. The van der Waals surface area contributed by atoms with E-state index in [-0.39, 0.29) is 0 Å². The van der Waals surface area contributed by atoms with Gasteiger partial charge in [0.25, 0.3) is 0 Å². The van der Waals surface area contributed by atoms with Gasteiger partial charge < -0.3 is 4.79 Å². The molecule has 8 atom stereocenters. The molecule has 0 bridgehead atoms. The van der Waals surface area contributed by atoms with Crippen LogP contribution >= 0.6 is 0 Å². The first-order valence-electron chi connectivity index (χ1n) is 10.1. The number of aldehydes is 1. The molecular formula is C21H34O. The van der Waals surface area contributed by atoms with Crippen molar-refractivity contribution in [1.82, 2.24) is 0 Å². The highest BCUT2D eigenvalue weighted by Crippen LogP contribution is 2.64. The van der Waals surface area contributed by atoms with E-state index in [4.69, 9.17) is 0 Å².